The van der Waals surface area contributed by atoms with E-state index in [2.05, 4.69) is 25.9 Å². The maximum Gasteiger partial charge on any atom is 0.259 e. The molecular weight excluding hydrogens is 608 g/mol. The van der Waals surface area contributed by atoms with E-state index >= 15 is 0 Å². The molecule has 1 aromatic carbocycles. The predicted octanol–water partition coefficient (Wildman–Crippen LogP) is 1.89. The van der Waals surface area contributed by atoms with Crippen molar-refractivity contribution < 1.29 is 33.2 Å². The van der Waals surface area contributed by atoms with Gasteiger partial charge in [-0.3, -0.25) is 23.9 Å². The minimum Gasteiger partial charge on any atom is -0.493 e. The molecule has 15 heteroatoms. The van der Waals surface area contributed by atoms with Crippen molar-refractivity contribution >= 4 is 23.6 Å². The summed E-state index contributed by atoms with van der Waals surface area (Å²) in [6.45, 7) is 5.76. The van der Waals surface area contributed by atoms with Crippen LogP contribution in [0.1, 0.15) is 70.7 Å². The van der Waals surface area contributed by atoms with E-state index in [1.54, 1.807) is 52.9 Å². The summed E-state index contributed by atoms with van der Waals surface area (Å²) < 4.78 is 18.7. The Labute approximate surface area is 272 Å². The molecule has 2 aliphatic rings. The van der Waals surface area contributed by atoms with Crippen LogP contribution >= 0.6 is 0 Å². The maximum atomic E-state index is 13.5. The molecular formula is C32H42N8O7. The van der Waals surface area contributed by atoms with Crippen LogP contribution in [0.4, 0.5) is 0 Å². The Kier molecular flexibility index (Phi) is 11.1. The van der Waals surface area contributed by atoms with Gasteiger partial charge < -0.3 is 34.4 Å². The number of hydrogen-bond acceptors (Lipinski definition) is 10. The number of methoxy groups -OCH3 is 1. The molecule has 1 saturated heterocycles. The highest BCUT2D eigenvalue weighted by atomic mass is 16.5. The summed E-state index contributed by atoms with van der Waals surface area (Å²) in [6.07, 6.45) is 5.36. The van der Waals surface area contributed by atoms with Crippen LogP contribution in [0.15, 0.2) is 35.4 Å². The maximum absolute atomic E-state index is 13.5. The van der Waals surface area contributed by atoms with Crippen molar-refractivity contribution in [1.29, 1.82) is 0 Å². The van der Waals surface area contributed by atoms with Gasteiger partial charge in [0.1, 0.15) is 36.1 Å². The molecule has 4 bridgehead atoms. The third-order valence-corrected chi connectivity index (χ3v) is 8.43. The van der Waals surface area contributed by atoms with Gasteiger partial charge >= 0.3 is 0 Å². The minimum atomic E-state index is -0.726. The van der Waals surface area contributed by atoms with Crippen LogP contribution < -0.4 is 20.1 Å². The summed E-state index contributed by atoms with van der Waals surface area (Å²) in [7, 11) is 1.51. The van der Waals surface area contributed by atoms with E-state index in [0.717, 1.165) is 0 Å². The van der Waals surface area contributed by atoms with Crippen LogP contribution in [0.5, 0.6) is 11.5 Å². The Balaban J connectivity index is 1.33. The normalized spacial score (nSPS) is 19.6. The summed E-state index contributed by atoms with van der Waals surface area (Å²) in [5.74, 6) is 0.322. The van der Waals surface area contributed by atoms with Crippen molar-refractivity contribution in [2.24, 2.45) is 0 Å². The number of likely N-dealkylation sites (tertiary alicyclic amines) is 1. The van der Waals surface area contributed by atoms with Crippen molar-refractivity contribution in [3.63, 3.8) is 0 Å². The van der Waals surface area contributed by atoms with Crippen LogP contribution in [0.3, 0.4) is 0 Å². The first-order valence-electron chi connectivity index (χ1n) is 16.0. The van der Waals surface area contributed by atoms with Crippen LogP contribution in [-0.4, -0.2) is 105 Å². The van der Waals surface area contributed by atoms with Gasteiger partial charge in [0, 0.05) is 51.1 Å². The zero-order valence-electron chi connectivity index (χ0n) is 27.1. The van der Waals surface area contributed by atoms with Gasteiger partial charge in [0.15, 0.2) is 11.5 Å². The molecule has 0 unspecified atom stereocenters. The number of aryl methyl sites for hydroxylation is 3. The monoisotopic (exact) mass is 650 g/mol. The van der Waals surface area contributed by atoms with Gasteiger partial charge in [0.25, 0.3) is 11.8 Å². The number of nitrogens with zero attached hydrogens (tertiary/aromatic N) is 6. The minimum absolute atomic E-state index is 0.160. The second kappa shape index (κ2) is 15.6. The highest BCUT2D eigenvalue weighted by Gasteiger charge is 2.40. The first kappa shape index (κ1) is 33.4. The lowest BCUT2D eigenvalue weighted by Gasteiger charge is -2.24. The quantitative estimate of drug-likeness (QED) is 0.401. The third-order valence-electron chi connectivity index (χ3n) is 8.43. The standard InChI is InChI=1S/C32H42N8O7/c1-21-29(22(2)47-37-21)32(44)38-13-5-4-11-35-31(43)25-17-24(18-40(25)28(41)8-6-15-39-20-33-19-36-39)46-27-16-23(9-10-26(27)45-3)30(42)34-12-7-14-38/h9-10,16,19-20,24-25H,4-8,11-15,17-18H2,1-3H3,(H,34,42)(H,35,43)/t24-,25-/m0/s1. The second-order valence-corrected chi connectivity index (χ2v) is 11.8. The van der Waals surface area contributed by atoms with Crippen LogP contribution in [-0.2, 0) is 16.1 Å². The van der Waals surface area contributed by atoms with Crippen LogP contribution in [0.25, 0.3) is 0 Å². The highest BCUT2D eigenvalue weighted by Crippen LogP contribution is 2.32. The molecule has 2 aliphatic heterocycles. The molecule has 0 spiro atoms. The SMILES string of the molecule is COc1ccc2cc1O[C@H]1C[C@@H](C(=O)NCCCCN(C(=O)c3c(C)noc3C)CCCNC2=O)N(C(=O)CCCn2cncn2)C1. The molecule has 1 fully saturated rings. The summed E-state index contributed by atoms with van der Waals surface area (Å²) in [4.78, 5) is 60.7. The Morgan fingerprint density at radius 2 is 1.89 bits per heavy atom. The summed E-state index contributed by atoms with van der Waals surface area (Å²) in [6, 6.07) is 4.18. The van der Waals surface area contributed by atoms with Crippen molar-refractivity contribution in [2.45, 2.75) is 71.1 Å². The molecule has 5 rings (SSSR count). The number of rotatable bonds is 6. The molecule has 2 atom stereocenters. The summed E-state index contributed by atoms with van der Waals surface area (Å²) in [5, 5.41) is 13.9. The molecule has 2 aromatic heterocycles. The van der Waals surface area contributed by atoms with E-state index in [0.29, 0.717) is 92.5 Å². The smallest absolute Gasteiger partial charge is 0.259 e. The van der Waals surface area contributed by atoms with Crippen LogP contribution in [0, 0.1) is 13.8 Å². The van der Waals surface area contributed by atoms with Gasteiger partial charge in [0.2, 0.25) is 11.8 Å². The molecule has 0 radical (unpaired) electrons. The Hall–Kier alpha value is -4.95. The number of carbonyl (C=O) groups excluding carboxylic acids is 4. The molecule has 0 saturated carbocycles. The number of benzene rings is 1. The number of hydrogen-bond donors (Lipinski definition) is 2. The van der Waals surface area contributed by atoms with Gasteiger partial charge in [0.05, 0.1) is 19.3 Å². The fourth-order valence-electron chi connectivity index (χ4n) is 5.97. The van der Waals surface area contributed by atoms with E-state index in [1.807, 2.05) is 0 Å². The molecule has 2 N–H and O–H groups in total. The molecule has 4 amide bonds. The van der Waals surface area contributed by atoms with E-state index < -0.39 is 12.1 Å². The largest absolute Gasteiger partial charge is 0.493 e. The third kappa shape index (κ3) is 8.26. The number of nitrogens with one attached hydrogen (secondary N) is 2. The molecule has 47 heavy (non-hydrogen) atoms. The zero-order valence-corrected chi connectivity index (χ0v) is 27.1. The summed E-state index contributed by atoms with van der Waals surface area (Å²) in [5.41, 5.74) is 1.33. The van der Waals surface area contributed by atoms with Crippen molar-refractivity contribution in [2.75, 3.05) is 39.8 Å². The number of fused-ring (bicyclic) bond motifs is 4. The van der Waals surface area contributed by atoms with Gasteiger partial charge in [-0.15, -0.1) is 0 Å². The van der Waals surface area contributed by atoms with Crippen molar-refractivity contribution in [1.82, 2.24) is 40.4 Å². The van der Waals surface area contributed by atoms with Gasteiger partial charge in [-0.05, 0) is 57.7 Å². The topological polar surface area (TPSA) is 174 Å². The zero-order chi connectivity index (χ0) is 33.3. The van der Waals surface area contributed by atoms with E-state index in [9.17, 15) is 19.2 Å². The van der Waals surface area contributed by atoms with E-state index in [1.165, 1.54) is 13.4 Å². The van der Waals surface area contributed by atoms with Gasteiger partial charge in [-0.25, -0.2) is 4.98 Å². The lowest BCUT2D eigenvalue weighted by molar-refractivity contribution is -0.138. The summed E-state index contributed by atoms with van der Waals surface area (Å²) >= 11 is 0. The molecule has 3 aromatic rings. The van der Waals surface area contributed by atoms with E-state index in [-0.39, 0.29) is 43.0 Å². The van der Waals surface area contributed by atoms with Crippen molar-refractivity contribution in [3.8, 4) is 11.5 Å². The lowest BCUT2D eigenvalue weighted by atomic mass is 10.1. The second-order valence-electron chi connectivity index (χ2n) is 11.8. The Bertz CT molecular complexity index is 1540. The average molecular weight is 651 g/mol. The van der Waals surface area contributed by atoms with Crippen molar-refractivity contribution in [3.05, 3.63) is 53.4 Å². The molecule has 252 valence electrons. The predicted molar refractivity (Wildman–Crippen MR) is 168 cm³/mol. The lowest BCUT2D eigenvalue weighted by Crippen LogP contribution is -2.46. The fourth-order valence-corrected chi connectivity index (χ4v) is 5.97. The average Bonchev–Trinajstić information content (AvgIpc) is 3.81. The highest BCUT2D eigenvalue weighted by molar-refractivity contribution is 5.96. The van der Waals surface area contributed by atoms with Gasteiger partial charge in [-0.2, -0.15) is 5.10 Å². The number of amides is 4. The molecule has 4 heterocycles. The fraction of sp³-hybridized carbons (Fsp3) is 0.531. The Morgan fingerprint density at radius 3 is 2.64 bits per heavy atom. The molecule has 0 aliphatic carbocycles. The van der Waals surface area contributed by atoms with Crippen LogP contribution in [0.2, 0.25) is 0 Å². The number of carbonyl (C=O) groups is 4. The Morgan fingerprint density at radius 1 is 1.09 bits per heavy atom. The first-order chi connectivity index (χ1) is 22.7. The first-order valence-corrected chi connectivity index (χ1v) is 16.0. The number of ether oxygens (including phenoxy) is 2. The molecule has 15 nitrogen and oxygen atoms in total. The van der Waals surface area contributed by atoms with Gasteiger partial charge in [-0.1, -0.05) is 5.16 Å². The number of aromatic nitrogens is 4. The van der Waals surface area contributed by atoms with E-state index in [4.69, 9.17) is 14.0 Å².